The number of carbonyl (C=O) groups excluding carboxylic acids is 1. The Labute approximate surface area is 279 Å². The molecule has 0 spiro atoms. The van der Waals surface area contributed by atoms with E-state index in [2.05, 4.69) is 48.8 Å². The van der Waals surface area contributed by atoms with Crippen LogP contribution in [-0.4, -0.2) is 90.2 Å². The summed E-state index contributed by atoms with van der Waals surface area (Å²) in [6, 6.07) is 10.5. The van der Waals surface area contributed by atoms with E-state index in [1.165, 1.54) is 31.0 Å². The molecule has 2 N–H and O–H groups in total. The fourth-order valence-electron chi connectivity index (χ4n) is 7.83. The highest BCUT2D eigenvalue weighted by Crippen LogP contribution is 2.41. The van der Waals surface area contributed by atoms with Crippen LogP contribution in [0.5, 0.6) is 5.75 Å². The summed E-state index contributed by atoms with van der Waals surface area (Å²) in [4.78, 5) is 34.8. The molecule has 3 atom stereocenters. The normalized spacial score (nSPS) is 23.1. The molecule has 0 saturated carbocycles. The van der Waals surface area contributed by atoms with Crippen LogP contribution in [-0.2, 0) is 9.63 Å². The summed E-state index contributed by atoms with van der Waals surface area (Å²) < 4.78 is 33.9. The van der Waals surface area contributed by atoms with E-state index in [0.717, 1.165) is 57.3 Å². The van der Waals surface area contributed by atoms with Crippen LogP contribution < -0.4 is 25.3 Å². The number of fused-ring (bicyclic) bond motifs is 2. The monoisotopic (exact) mass is 660 g/mol. The van der Waals surface area contributed by atoms with Gasteiger partial charge in [-0.3, -0.25) is 19.4 Å². The van der Waals surface area contributed by atoms with Crippen molar-refractivity contribution in [2.45, 2.75) is 56.8 Å². The molecule has 8 rings (SSSR count). The van der Waals surface area contributed by atoms with Gasteiger partial charge in [0.05, 0.1) is 36.8 Å². The number of ether oxygens (including phenoxy) is 1. The minimum Gasteiger partial charge on any atom is -0.494 e. The van der Waals surface area contributed by atoms with Gasteiger partial charge in [-0.15, -0.1) is 0 Å². The van der Waals surface area contributed by atoms with Gasteiger partial charge in [-0.25, -0.2) is 23.8 Å². The number of likely N-dealkylation sites (N-methyl/N-ethyl adjacent to an activating group) is 1. The lowest BCUT2D eigenvalue weighted by Gasteiger charge is -2.58. The van der Waals surface area contributed by atoms with Crippen LogP contribution in [0.1, 0.15) is 44.2 Å². The maximum absolute atomic E-state index is 14.0. The van der Waals surface area contributed by atoms with Crippen molar-refractivity contribution < 1.29 is 23.1 Å². The zero-order valence-electron chi connectivity index (χ0n) is 27.4. The van der Waals surface area contributed by atoms with Crippen molar-refractivity contribution >= 4 is 34.6 Å². The molecule has 11 nitrogen and oxygen atoms in total. The number of nitrogens with one attached hydrogen (secondary N) is 2. The number of carbonyl (C=O) groups is 1. The van der Waals surface area contributed by atoms with E-state index < -0.39 is 17.7 Å². The molecule has 5 aliphatic rings. The van der Waals surface area contributed by atoms with Crippen LogP contribution in [0.15, 0.2) is 55.4 Å². The molecular formula is C35H42F2N8O3. The van der Waals surface area contributed by atoms with Crippen molar-refractivity contribution in [1.82, 2.24) is 19.8 Å². The molecule has 13 heteroatoms. The number of benzene rings is 2. The predicted octanol–water partition coefficient (Wildman–Crippen LogP) is 5.26. The number of anilines is 5. The van der Waals surface area contributed by atoms with Crippen LogP contribution in [0.4, 0.5) is 37.5 Å². The average Bonchev–Trinajstić information content (AvgIpc) is 3.59. The number of rotatable bonds is 10. The zero-order chi connectivity index (χ0) is 33.4. The Bertz CT molecular complexity index is 1640. The van der Waals surface area contributed by atoms with E-state index in [1.54, 1.807) is 18.2 Å². The number of hydrogen-bond acceptors (Lipinski definition) is 10. The smallest absolute Gasteiger partial charge is 0.247 e. The molecule has 0 aliphatic carbocycles. The van der Waals surface area contributed by atoms with Crippen LogP contribution in [0.3, 0.4) is 0 Å². The van der Waals surface area contributed by atoms with Crippen molar-refractivity contribution in [2.24, 2.45) is 0 Å². The SMILES string of the molecule is C=CC(=O)Nc1cc(Nc2cc(N3OCC[C@@H]3c3cc(F)cc(F)c3)ncn2)c(OC)cc1N1CCC(N2CC3CC(C2)N3CC)CC1. The fourth-order valence-corrected chi connectivity index (χ4v) is 7.83. The van der Waals surface area contributed by atoms with Crippen molar-refractivity contribution in [3.8, 4) is 5.75 Å². The van der Waals surface area contributed by atoms with Gasteiger partial charge in [0.15, 0.2) is 5.82 Å². The minimum absolute atomic E-state index is 0.314. The highest BCUT2D eigenvalue weighted by Gasteiger charge is 2.45. The second kappa shape index (κ2) is 13.7. The first kappa shape index (κ1) is 32.2. The van der Waals surface area contributed by atoms with Crippen LogP contribution in [0, 0.1) is 11.6 Å². The molecule has 1 amide bonds. The predicted molar refractivity (Wildman–Crippen MR) is 181 cm³/mol. The Balaban J connectivity index is 1.10. The zero-order valence-corrected chi connectivity index (χ0v) is 27.4. The van der Waals surface area contributed by atoms with Gasteiger partial charge in [0, 0.05) is 68.9 Å². The molecule has 0 radical (unpaired) electrons. The minimum atomic E-state index is -0.650. The second-order valence-electron chi connectivity index (χ2n) is 12.9. The molecule has 2 bridgehead atoms. The van der Waals surface area contributed by atoms with E-state index in [4.69, 9.17) is 9.57 Å². The van der Waals surface area contributed by atoms with E-state index in [9.17, 15) is 13.6 Å². The second-order valence-corrected chi connectivity index (χ2v) is 12.9. The highest BCUT2D eigenvalue weighted by atomic mass is 19.1. The van der Waals surface area contributed by atoms with E-state index in [1.807, 2.05) is 12.1 Å². The Hall–Kier alpha value is -4.33. The Morgan fingerprint density at radius 1 is 1.02 bits per heavy atom. The summed E-state index contributed by atoms with van der Waals surface area (Å²) >= 11 is 0. The first-order valence-corrected chi connectivity index (χ1v) is 16.7. The molecule has 2 aromatic carbocycles. The first-order valence-electron chi connectivity index (χ1n) is 16.7. The van der Waals surface area contributed by atoms with Gasteiger partial charge in [-0.2, -0.15) is 0 Å². The molecular weight excluding hydrogens is 618 g/mol. The van der Waals surface area contributed by atoms with Gasteiger partial charge in [0.25, 0.3) is 0 Å². The largest absolute Gasteiger partial charge is 0.494 e. The number of hydrogen-bond donors (Lipinski definition) is 2. The number of hydroxylamine groups is 1. The van der Waals surface area contributed by atoms with Crippen molar-refractivity contribution in [3.63, 3.8) is 0 Å². The lowest BCUT2D eigenvalue weighted by atomic mass is 9.85. The van der Waals surface area contributed by atoms with E-state index in [-0.39, 0.29) is 5.91 Å². The maximum atomic E-state index is 14.0. The van der Waals surface area contributed by atoms with E-state index in [0.29, 0.717) is 65.5 Å². The summed E-state index contributed by atoms with van der Waals surface area (Å²) in [6.45, 7) is 11.4. The van der Waals surface area contributed by atoms with Crippen molar-refractivity contribution in [1.29, 1.82) is 0 Å². The lowest BCUT2D eigenvalue weighted by Crippen LogP contribution is -2.70. The molecule has 5 fully saturated rings. The summed E-state index contributed by atoms with van der Waals surface area (Å²) in [5.41, 5.74) is 2.55. The Kier molecular flexibility index (Phi) is 9.17. The summed E-state index contributed by atoms with van der Waals surface area (Å²) in [5.74, 6) is -0.179. The lowest BCUT2D eigenvalue weighted by molar-refractivity contribution is -0.111. The standard InChI is InChI=1S/C35H42F2N8O3/c1-4-35(46)41-28-16-29(40-33-18-34(39-21-38-33)45-30(8-11-48-45)22-12-23(36)14-24(37)13-22)32(47-3)17-31(28)42-9-6-25(7-10-42)43-19-26-15-27(20-43)44(26)5-2/h4,12-14,16-18,21,25-27,30H,1,5-11,15,19-20H2,2-3H3,(H,41,46)(H,38,39,40)/t26?,27?,30-/m1/s1. The number of nitrogens with zero attached hydrogens (tertiary/aromatic N) is 6. The number of piperidine rings is 2. The van der Waals surface area contributed by atoms with Gasteiger partial charge in [-0.1, -0.05) is 13.5 Å². The number of piperazine rings is 1. The molecule has 3 aromatic rings. The average molecular weight is 661 g/mol. The molecule has 6 heterocycles. The van der Waals surface area contributed by atoms with Crippen LogP contribution in [0.2, 0.25) is 0 Å². The summed E-state index contributed by atoms with van der Waals surface area (Å²) in [5, 5.41) is 7.84. The Morgan fingerprint density at radius 3 is 2.46 bits per heavy atom. The number of amides is 1. The number of methoxy groups -OCH3 is 1. The molecule has 5 saturated heterocycles. The van der Waals surface area contributed by atoms with Crippen molar-refractivity contribution in [2.75, 3.05) is 67.0 Å². The van der Waals surface area contributed by atoms with Gasteiger partial charge in [-0.05, 0) is 55.6 Å². The highest BCUT2D eigenvalue weighted by molar-refractivity contribution is 6.02. The fraction of sp³-hybridized carbons (Fsp3) is 0.457. The third-order valence-electron chi connectivity index (χ3n) is 10.1. The molecule has 2 unspecified atom stereocenters. The van der Waals surface area contributed by atoms with Gasteiger partial charge >= 0.3 is 0 Å². The third-order valence-corrected chi connectivity index (χ3v) is 10.1. The third kappa shape index (κ3) is 6.41. The van der Waals surface area contributed by atoms with Crippen LogP contribution in [0.25, 0.3) is 0 Å². The number of halogens is 2. The maximum Gasteiger partial charge on any atom is 0.247 e. The summed E-state index contributed by atoms with van der Waals surface area (Å²) in [6.07, 6.45) is 6.60. The topological polar surface area (TPSA) is 98.3 Å². The van der Waals surface area contributed by atoms with Crippen LogP contribution >= 0.6 is 0 Å². The first-order chi connectivity index (χ1) is 23.3. The van der Waals surface area contributed by atoms with Gasteiger partial charge in [0.1, 0.15) is 29.5 Å². The molecule has 254 valence electrons. The molecule has 48 heavy (non-hydrogen) atoms. The quantitative estimate of drug-likeness (QED) is 0.280. The van der Waals surface area contributed by atoms with E-state index >= 15 is 0 Å². The van der Waals surface area contributed by atoms with Gasteiger partial charge in [0.2, 0.25) is 5.91 Å². The van der Waals surface area contributed by atoms with Crippen molar-refractivity contribution in [3.05, 3.63) is 72.6 Å². The van der Waals surface area contributed by atoms with Gasteiger partial charge < -0.3 is 20.3 Å². The Morgan fingerprint density at radius 2 is 1.77 bits per heavy atom. The summed E-state index contributed by atoms with van der Waals surface area (Å²) in [7, 11) is 1.60. The number of aromatic nitrogens is 2. The molecule has 5 aliphatic heterocycles. The molecule has 1 aromatic heterocycles.